The number of hydrogen-bond acceptors (Lipinski definition) is 4. The highest BCUT2D eigenvalue weighted by Crippen LogP contribution is 1.89. The van der Waals surface area contributed by atoms with Gasteiger partial charge >= 0.3 is 5.69 Å². The molecule has 0 saturated carbocycles. The fraction of sp³-hybridized carbons (Fsp3) is 0.273. The van der Waals surface area contributed by atoms with Gasteiger partial charge in [-0.1, -0.05) is 0 Å². The number of hydrogen-bond donors (Lipinski definition) is 1. The maximum Gasteiger partial charge on any atom is 0.328 e. The number of nitrogens with one attached hydrogen (secondary N) is 1. The molecular formula is C11H12N4O3. The number of carbonyl (C=O) groups is 1. The van der Waals surface area contributed by atoms with E-state index in [4.69, 9.17) is 0 Å². The summed E-state index contributed by atoms with van der Waals surface area (Å²) in [5, 5.41) is 3.97. The van der Waals surface area contributed by atoms with Crippen LogP contribution in [0.4, 0.5) is 0 Å². The lowest BCUT2D eigenvalue weighted by Gasteiger charge is -2.05. The number of H-pyrrole nitrogens is 1. The van der Waals surface area contributed by atoms with Gasteiger partial charge in [-0.3, -0.25) is 18.8 Å². The van der Waals surface area contributed by atoms with Gasteiger partial charge in [-0.15, -0.1) is 0 Å². The first-order valence-corrected chi connectivity index (χ1v) is 5.40. The van der Waals surface area contributed by atoms with Gasteiger partial charge in [0, 0.05) is 18.6 Å². The molecule has 2 heterocycles. The first-order valence-electron chi connectivity index (χ1n) is 5.40. The predicted octanol–water partition coefficient (Wildman–Crippen LogP) is -0.364. The summed E-state index contributed by atoms with van der Waals surface area (Å²) in [7, 11) is 0. The quantitative estimate of drug-likeness (QED) is 0.748. The Balaban J connectivity index is 2.32. The Kier molecular flexibility index (Phi) is 3.22. The molecule has 0 aliphatic heterocycles. The number of rotatable bonds is 4. The molecule has 7 heteroatoms. The van der Waals surface area contributed by atoms with E-state index in [2.05, 4.69) is 10.1 Å². The maximum atomic E-state index is 11.9. The maximum absolute atomic E-state index is 11.9. The first-order chi connectivity index (χ1) is 8.59. The number of ketones is 1. The summed E-state index contributed by atoms with van der Waals surface area (Å²) in [4.78, 5) is 37.0. The molecule has 18 heavy (non-hydrogen) atoms. The Bertz CT molecular complexity index is 666. The van der Waals surface area contributed by atoms with Crippen LogP contribution in [0.2, 0.25) is 0 Å². The highest BCUT2D eigenvalue weighted by atomic mass is 16.2. The Hall–Kier alpha value is -2.44. The highest BCUT2D eigenvalue weighted by Gasteiger charge is 2.10. The summed E-state index contributed by atoms with van der Waals surface area (Å²) < 4.78 is 2.60. The van der Waals surface area contributed by atoms with Crippen molar-refractivity contribution in [2.45, 2.75) is 20.0 Å². The van der Waals surface area contributed by atoms with E-state index in [0.29, 0.717) is 6.54 Å². The largest absolute Gasteiger partial charge is 0.328 e. The number of Topliss-reactive ketones (excluding diaryl/α,β-unsaturated/α-hetero) is 1. The molecule has 2 rings (SSSR count). The number of aromatic amines is 1. The average molecular weight is 248 g/mol. The summed E-state index contributed by atoms with van der Waals surface area (Å²) in [6.45, 7) is 1.83. The predicted molar refractivity (Wildman–Crippen MR) is 63.6 cm³/mol. The zero-order valence-electron chi connectivity index (χ0n) is 9.79. The van der Waals surface area contributed by atoms with Crippen LogP contribution in [0.3, 0.4) is 0 Å². The second-order valence-corrected chi connectivity index (χ2v) is 3.79. The van der Waals surface area contributed by atoms with E-state index in [1.54, 1.807) is 23.1 Å². The second-order valence-electron chi connectivity index (χ2n) is 3.79. The lowest BCUT2D eigenvalue weighted by atomic mass is 10.2. The molecule has 0 spiro atoms. The van der Waals surface area contributed by atoms with Crippen LogP contribution in [0.15, 0.2) is 34.2 Å². The average Bonchev–Trinajstić information content (AvgIpc) is 2.81. The van der Waals surface area contributed by atoms with Crippen molar-refractivity contribution in [3.63, 3.8) is 0 Å². The van der Waals surface area contributed by atoms with Gasteiger partial charge < -0.3 is 4.98 Å². The molecule has 0 atom stereocenters. The number of aryl methyl sites for hydroxylation is 1. The Morgan fingerprint density at radius 2 is 2.17 bits per heavy atom. The molecule has 0 saturated heterocycles. The van der Waals surface area contributed by atoms with Crippen LogP contribution in [0.25, 0.3) is 0 Å². The molecule has 2 aromatic heterocycles. The van der Waals surface area contributed by atoms with Crippen molar-refractivity contribution >= 4 is 5.78 Å². The number of aromatic nitrogens is 4. The van der Waals surface area contributed by atoms with Crippen molar-refractivity contribution in [2.75, 3.05) is 0 Å². The second kappa shape index (κ2) is 4.82. The van der Waals surface area contributed by atoms with Gasteiger partial charge in [-0.25, -0.2) is 4.79 Å². The van der Waals surface area contributed by atoms with E-state index in [9.17, 15) is 14.4 Å². The van der Waals surface area contributed by atoms with Crippen molar-refractivity contribution < 1.29 is 4.79 Å². The summed E-state index contributed by atoms with van der Waals surface area (Å²) >= 11 is 0. The minimum absolute atomic E-state index is 0.0185. The fourth-order valence-electron chi connectivity index (χ4n) is 1.60. The summed E-state index contributed by atoms with van der Waals surface area (Å²) in [6, 6.07) is 1.75. The molecule has 1 N–H and O–H groups in total. The molecule has 0 aromatic carbocycles. The Morgan fingerprint density at radius 3 is 2.78 bits per heavy atom. The first kappa shape index (κ1) is 12.0. The van der Waals surface area contributed by atoms with Gasteiger partial charge in [0.2, 0.25) is 0 Å². The van der Waals surface area contributed by atoms with Crippen LogP contribution in [-0.4, -0.2) is 25.1 Å². The molecule has 0 aliphatic rings. The third-order valence-electron chi connectivity index (χ3n) is 2.55. The lowest BCUT2D eigenvalue weighted by molar-refractivity contribution is 0.101. The van der Waals surface area contributed by atoms with Crippen LogP contribution in [0.1, 0.15) is 17.3 Å². The van der Waals surface area contributed by atoms with Crippen molar-refractivity contribution in [1.82, 2.24) is 19.3 Å². The molecule has 0 radical (unpaired) electrons. The molecule has 0 aliphatic carbocycles. The summed E-state index contributed by atoms with van der Waals surface area (Å²) in [5.41, 5.74) is -1.12. The van der Waals surface area contributed by atoms with E-state index in [0.717, 1.165) is 10.8 Å². The third kappa shape index (κ3) is 2.29. The SMILES string of the molecule is CC(=O)c1c[nH]c(=O)n(CCn2cccn2)c1=O. The van der Waals surface area contributed by atoms with Crippen LogP contribution in [-0.2, 0) is 13.1 Å². The third-order valence-corrected chi connectivity index (χ3v) is 2.55. The zero-order valence-corrected chi connectivity index (χ0v) is 9.79. The minimum Gasteiger partial charge on any atom is -0.313 e. The van der Waals surface area contributed by atoms with Crippen LogP contribution in [0, 0.1) is 0 Å². The normalized spacial score (nSPS) is 10.5. The van der Waals surface area contributed by atoms with Gasteiger partial charge in [0.25, 0.3) is 5.56 Å². The van der Waals surface area contributed by atoms with Crippen LogP contribution in [0.5, 0.6) is 0 Å². The van der Waals surface area contributed by atoms with Crippen LogP contribution < -0.4 is 11.2 Å². The molecule has 2 aromatic rings. The minimum atomic E-state index is -0.571. The van der Waals surface area contributed by atoms with Gasteiger partial charge in [-0.2, -0.15) is 5.10 Å². The van der Waals surface area contributed by atoms with Gasteiger partial charge in [0.1, 0.15) is 0 Å². The van der Waals surface area contributed by atoms with Gasteiger partial charge in [0.15, 0.2) is 5.78 Å². The zero-order chi connectivity index (χ0) is 13.1. The van der Waals surface area contributed by atoms with E-state index in [1.165, 1.54) is 6.92 Å². The van der Waals surface area contributed by atoms with E-state index < -0.39 is 11.2 Å². The van der Waals surface area contributed by atoms with Crippen molar-refractivity contribution in [2.24, 2.45) is 0 Å². The number of nitrogens with zero attached hydrogens (tertiary/aromatic N) is 3. The van der Waals surface area contributed by atoms with Crippen LogP contribution >= 0.6 is 0 Å². The van der Waals surface area contributed by atoms with Crippen molar-refractivity contribution in [3.05, 3.63) is 51.1 Å². The topological polar surface area (TPSA) is 89.8 Å². The van der Waals surface area contributed by atoms with Gasteiger partial charge in [0.05, 0.1) is 18.7 Å². The van der Waals surface area contributed by atoms with Crippen molar-refractivity contribution in [1.29, 1.82) is 0 Å². The summed E-state index contributed by atoms with van der Waals surface area (Å²) in [6.07, 6.45) is 4.49. The van der Waals surface area contributed by atoms with E-state index in [-0.39, 0.29) is 17.9 Å². The smallest absolute Gasteiger partial charge is 0.313 e. The standard InChI is InChI=1S/C11H12N4O3/c1-8(16)9-7-12-11(18)15(10(9)17)6-5-14-4-2-3-13-14/h2-4,7H,5-6H2,1H3,(H,12,18). The molecule has 0 unspecified atom stereocenters. The Labute approximate surface area is 102 Å². The lowest BCUT2D eigenvalue weighted by Crippen LogP contribution is -2.38. The van der Waals surface area contributed by atoms with E-state index in [1.807, 2.05) is 0 Å². The molecular weight excluding hydrogens is 236 g/mol. The molecule has 7 nitrogen and oxygen atoms in total. The Morgan fingerprint density at radius 1 is 1.39 bits per heavy atom. The highest BCUT2D eigenvalue weighted by molar-refractivity contribution is 5.93. The van der Waals surface area contributed by atoms with Gasteiger partial charge in [-0.05, 0) is 13.0 Å². The molecule has 0 amide bonds. The molecule has 94 valence electrons. The fourth-order valence-corrected chi connectivity index (χ4v) is 1.60. The van der Waals surface area contributed by atoms with Crippen molar-refractivity contribution in [3.8, 4) is 0 Å². The molecule has 0 bridgehead atoms. The monoisotopic (exact) mass is 248 g/mol. The molecule has 0 fully saturated rings. The van der Waals surface area contributed by atoms with E-state index >= 15 is 0 Å². The summed E-state index contributed by atoms with van der Waals surface area (Å²) in [5.74, 6) is -0.371. The number of carbonyl (C=O) groups excluding carboxylic acids is 1.